The van der Waals surface area contributed by atoms with Crippen LogP contribution in [0.3, 0.4) is 0 Å². The second-order valence-electron chi connectivity index (χ2n) is 5.65. The minimum Gasteiger partial charge on any atom is -0.383 e. The standard InChI is InChI=1S/C19H20N2O2S2/c1-13-4-9-16-17(12-13)25-19(21(16)10-11-23-2)20-18(22)14-5-7-15(24-3)8-6-14/h4-9,12H,10-11H2,1-3H3. The number of benzene rings is 2. The van der Waals surface area contributed by atoms with E-state index in [0.717, 1.165) is 15.1 Å². The van der Waals surface area contributed by atoms with Gasteiger partial charge in [-0.25, -0.2) is 0 Å². The molecule has 0 spiro atoms. The van der Waals surface area contributed by atoms with Gasteiger partial charge in [0.1, 0.15) is 0 Å². The second kappa shape index (κ2) is 7.99. The fraction of sp³-hybridized carbons (Fsp3) is 0.263. The molecule has 0 fully saturated rings. The molecule has 0 radical (unpaired) electrons. The number of hydrogen-bond donors (Lipinski definition) is 0. The van der Waals surface area contributed by atoms with E-state index in [9.17, 15) is 4.79 Å². The number of carbonyl (C=O) groups is 1. The highest BCUT2D eigenvalue weighted by Gasteiger charge is 2.09. The van der Waals surface area contributed by atoms with Crippen molar-refractivity contribution in [3.05, 3.63) is 58.4 Å². The lowest BCUT2D eigenvalue weighted by Gasteiger charge is -2.04. The number of aromatic nitrogens is 1. The summed E-state index contributed by atoms with van der Waals surface area (Å²) in [5.74, 6) is -0.220. The van der Waals surface area contributed by atoms with E-state index in [1.807, 2.05) is 30.5 Å². The summed E-state index contributed by atoms with van der Waals surface area (Å²) >= 11 is 3.19. The Morgan fingerprint density at radius 2 is 2.00 bits per heavy atom. The number of aryl methyl sites for hydroxylation is 1. The summed E-state index contributed by atoms with van der Waals surface area (Å²) in [7, 11) is 1.68. The lowest BCUT2D eigenvalue weighted by atomic mass is 10.2. The van der Waals surface area contributed by atoms with Crippen LogP contribution in [0.15, 0.2) is 52.4 Å². The quantitative estimate of drug-likeness (QED) is 0.633. The number of carbonyl (C=O) groups excluding carboxylic acids is 1. The summed E-state index contributed by atoms with van der Waals surface area (Å²) in [4.78, 5) is 18.8. The molecular formula is C19H20N2O2S2. The van der Waals surface area contributed by atoms with Crippen molar-refractivity contribution in [2.45, 2.75) is 18.4 Å². The Morgan fingerprint density at radius 1 is 1.24 bits per heavy atom. The number of nitrogens with zero attached hydrogens (tertiary/aromatic N) is 2. The van der Waals surface area contributed by atoms with Gasteiger partial charge < -0.3 is 9.30 Å². The predicted octanol–water partition coefficient (Wildman–Crippen LogP) is 4.12. The van der Waals surface area contributed by atoms with Gasteiger partial charge in [-0.3, -0.25) is 4.79 Å². The molecule has 2 aromatic carbocycles. The van der Waals surface area contributed by atoms with Crippen LogP contribution >= 0.6 is 23.1 Å². The first-order valence-electron chi connectivity index (χ1n) is 7.94. The monoisotopic (exact) mass is 372 g/mol. The third-order valence-corrected chi connectivity index (χ3v) is 5.68. The van der Waals surface area contributed by atoms with Gasteiger partial charge in [0.25, 0.3) is 5.91 Å². The Morgan fingerprint density at radius 3 is 2.68 bits per heavy atom. The van der Waals surface area contributed by atoms with Crippen LogP contribution in [0.2, 0.25) is 0 Å². The van der Waals surface area contributed by atoms with Crippen molar-refractivity contribution >= 4 is 39.2 Å². The molecule has 0 unspecified atom stereocenters. The van der Waals surface area contributed by atoms with Crippen LogP contribution in [-0.4, -0.2) is 30.4 Å². The Labute approximate surface area is 155 Å². The van der Waals surface area contributed by atoms with E-state index >= 15 is 0 Å². The van der Waals surface area contributed by atoms with Gasteiger partial charge in [-0.2, -0.15) is 4.99 Å². The molecule has 0 aliphatic heterocycles. The molecular weight excluding hydrogens is 352 g/mol. The highest BCUT2D eigenvalue weighted by atomic mass is 32.2. The van der Waals surface area contributed by atoms with Crippen LogP contribution in [0.25, 0.3) is 10.2 Å². The third kappa shape index (κ3) is 4.03. The molecule has 3 rings (SSSR count). The number of hydrogen-bond acceptors (Lipinski definition) is 4. The molecule has 6 heteroatoms. The summed E-state index contributed by atoms with van der Waals surface area (Å²) in [6.07, 6.45) is 2.01. The summed E-state index contributed by atoms with van der Waals surface area (Å²) in [6.45, 7) is 3.30. The van der Waals surface area contributed by atoms with E-state index in [2.05, 4.69) is 34.7 Å². The molecule has 1 amide bonds. The van der Waals surface area contributed by atoms with Gasteiger partial charge in [0.2, 0.25) is 0 Å². The molecule has 25 heavy (non-hydrogen) atoms. The zero-order chi connectivity index (χ0) is 17.8. The number of thioether (sulfide) groups is 1. The summed E-state index contributed by atoms with van der Waals surface area (Å²) in [6, 6.07) is 13.8. The van der Waals surface area contributed by atoms with E-state index in [-0.39, 0.29) is 5.91 Å². The fourth-order valence-corrected chi connectivity index (χ4v) is 4.11. The van der Waals surface area contributed by atoms with Crippen molar-refractivity contribution in [3.8, 4) is 0 Å². The highest BCUT2D eigenvalue weighted by Crippen LogP contribution is 2.19. The minimum absolute atomic E-state index is 0.220. The van der Waals surface area contributed by atoms with Crippen molar-refractivity contribution in [1.29, 1.82) is 0 Å². The molecule has 0 atom stereocenters. The van der Waals surface area contributed by atoms with Crippen LogP contribution in [0.1, 0.15) is 15.9 Å². The number of amides is 1. The first-order chi connectivity index (χ1) is 12.1. The lowest BCUT2D eigenvalue weighted by molar-refractivity contribution is 0.0997. The number of methoxy groups -OCH3 is 1. The Hall–Kier alpha value is -1.89. The van der Waals surface area contributed by atoms with Gasteiger partial charge in [-0.15, -0.1) is 11.8 Å². The maximum Gasteiger partial charge on any atom is 0.279 e. The molecule has 3 aromatic rings. The molecule has 1 aromatic heterocycles. The maximum absolute atomic E-state index is 12.6. The van der Waals surface area contributed by atoms with Crippen LogP contribution in [0.5, 0.6) is 0 Å². The smallest absolute Gasteiger partial charge is 0.279 e. The summed E-state index contributed by atoms with van der Waals surface area (Å²) in [5, 5.41) is 0. The van der Waals surface area contributed by atoms with Gasteiger partial charge in [0, 0.05) is 24.1 Å². The third-order valence-electron chi connectivity index (χ3n) is 3.89. The molecule has 1 heterocycles. The van der Waals surface area contributed by atoms with E-state index in [1.165, 1.54) is 16.9 Å². The largest absolute Gasteiger partial charge is 0.383 e. The predicted molar refractivity (Wildman–Crippen MR) is 105 cm³/mol. The van der Waals surface area contributed by atoms with E-state index in [0.29, 0.717) is 23.5 Å². The van der Waals surface area contributed by atoms with Crippen molar-refractivity contribution in [2.75, 3.05) is 20.0 Å². The van der Waals surface area contributed by atoms with Crippen molar-refractivity contribution in [3.63, 3.8) is 0 Å². The van der Waals surface area contributed by atoms with Gasteiger partial charge in [-0.1, -0.05) is 17.4 Å². The molecule has 0 saturated carbocycles. The van der Waals surface area contributed by atoms with Crippen LogP contribution in [0.4, 0.5) is 0 Å². The van der Waals surface area contributed by atoms with Crippen molar-refractivity contribution in [1.82, 2.24) is 4.57 Å². The van der Waals surface area contributed by atoms with Crippen molar-refractivity contribution in [2.24, 2.45) is 4.99 Å². The Bertz CT molecular complexity index is 956. The van der Waals surface area contributed by atoms with Gasteiger partial charge in [0.15, 0.2) is 4.80 Å². The summed E-state index contributed by atoms with van der Waals surface area (Å²) < 4.78 is 8.39. The van der Waals surface area contributed by atoms with Crippen molar-refractivity contribution < 1.29 is 9.53 Å². The minimum atomic E-state index is -0.220. The molecule has 130 valence electrons. The van der Waals surface area contributed by atoms with Gasteiger partial charge in [-0.05, 0) is 55.1 Å². The number of fused-ring (bicyclic) bond motifs is 1. The molecule has 4 nitrogen and oxygen atoms in total. The first-order valence-corrected chi connectivity index (χ1v) is 9.98. The molecule has 0 N–H and O–H groups in total. The average Bonchev–Trinajstić information content (AvgIpc) is 2.95. The van der Waals surface area contributed by atoms with Gasteiger partial charge in [0.05, 0.1) is 16.8 Å². The molecule has 0 bridgehead atoms. The van der Waals surface area contributed by atoms with E-state index in [4.69, 9.17) is 4.74 Å². The van der Waals surface area contributed by atoms with Crippen LogP contribution in [0, 0.1) is 6.92 Å². The fourth-order valence-electron chi connectivity index (χ4n) is 2.55. The zero-order valence-corrected chi connectivity index (χ0v) is 16.1. The normalized spacial score (nSPS) is 12.0. The first kappa shape index (κ1) is 17.9. The second-order valence-corrected chi connectivity index (χ2v) is 7.53. The topological polar surface area (TPSA) is 43.6 Å². The SMILES string of the molecule is COCCn1c(=NC(=O)c2ccc(SC)cc2)sc2cc(C)ccc21. The zero-order valence-electron chi connectivity index (χ0n) is 14.5. The maximum atomic E-state index is 12.6. The number of ether oxygens (including phenoxy) is 1. The number of thiazole rings is 1. The molecule has 0 aliphatic carbocycles. The van der Waals surface area contributed by atoms with E-state index in [1.54, 1.807) is 18.9 Å². The molecule has 0 saturated heterocycles. The summed E-state index contributed by atoms with van der Waals surface area (Å²) in [5.41, 5.74) is 2.87. The van der Waals surface area contributed by atoms with Gasteiger partial charge >= 0.3 is 0 Å². The Kier molecular flexibility index (Phi) is 5.73. The lowest BCUT2D eigenvalue weighted by Crippen LogP contribution is -2.19. The van der Waals surface area contributed by atoms with Crippen LogP contribution < -0.4 is 4.80 Å². The van der Waals surface area contributed by atoms with E-state index < -0.39 is 0 Å². The average molecular weight is 373 g/mol. The number of rotatable bonds is 5. The molecule has 0 aliphatic rings. The Balaban J connectivity index is 2.05. The van der Waals surface area contributed by atoms with Crippen LogP contribution in [-0.2, 0) is 11.3 Å². The highest BCUT2D eigenvalue weighted by molar-refractivity contribution is 7.98.